The summed E-state index contributed by atoms with van der Waals surface area (Å²) in [7, 11) is -0.465. The topological polar surface area (TPSA) is 88.1 Å². The molecule has 24 heavy (non-hydrogen) atoms. The van der Waals surface area contributed by atoms with Crippen LogP contribution in [-0.2, 0) is 9.31 Å². The summed E-state index contributed by atoms with van der Waals surface area (Å²) in [4.78, 5) is 12.7. The van der Waals surface area contributed by atoms with E-state index in [-0.39, 0.29) is 0 Å². The third-order valence-electron chi connectivity index (χ3n) is 4.54. The van der Waals surface area contributed by atoms with Gasteiger partial charge in [0.2, 0.25) is 5.95 Å². The molecule has 0 atom stereocenters. The van der Waals surface area contributed by atoms with Gasteiger partial charge < -0.3 is 15.0 Å². The lowest BCUT2D eigenvalue weighted by molar-refractivity contribution is 0.00578. The van der Waals surface area contributed by atoms with E-state index >= 15 is 0 Å². The second-order valence-electron chi connectivity index (χ2n) is 6.80. The first-order chi connectivity index (χ1) is 11.3. The number of nitrogens with two attached hydrogens (primary N) is 1. The van der Waals surface area contributed by atoms with Crippen molar-refractivity contribution in [3.8, 4) is 5.95 Å². The lowest BCUT2D eigenvalue weighted by Gasteiger charge is -2.32. The van der Waals surface area contributed by atoms with Crippen molar-refractivity contribution < 1.29 is 9.31 Å². The van der Waals surface area contributed by atoms with Crippen LogP contribution < -0.4 is 5.73 Å². The summed E-state index contributed by atoms with van der Waals surface area (Å²) in [5, 5.41) is 0. The highest BCUT2D eigenvalue weighted by Gasteiger charge is 2.52. The molecule has 0 unspecified atom stereocenters. The summed E-state index contributed by atoms with van der Waals surface area (Å²) in [5.41, 5.74) is 6.81. The Morgan fingerprint density at radius 2 is 1.83 bits per heavy atom. The highest BCUT2D eigenvalue weighted by Crippen LogP contribution is 2.38. The zero-order valence-corrected chi connectivity index (χ0v) is 14.4. The molecular weight excluding hydrogens is 305 g/mol. The number of nitrogens with zero attached hydrogens (tertiary/aromatic N) is 4. The predicted molar refractivity (Wildman–Crippen MR) is 92.3 cm³/mol. The van der Waals surface area contributed by atoms with Crippen LogP contribution in [0.3, 0.4) is 0 Å². The minimum absolute atomic E-state index is 0.333. The van der Waals surface area contributed by atoms with E-state index in [1.165, 1.54) is 0 Å². The average molecular weight is 327 g/mol. The number of rotatable bonds is 4. The van der Waals surface area contributed by atoms with Crippen molar-refractivity contribution in [2.24, 2.45) is 5.73 Å². The highest BCUT2D eigenvalue weighted by atomic mass is 16.7. The van der Waals surface area contributed by atoms with E-state index in [9.17, 15) is 0 Å². The Bertz CT molecular complexity index is 709. The van der Waals surface area contributed by atoms with E-state index in [2.05, 4.69) is 15.0 Å². The van der Waals surface area contributed by atoms with Gasteiger partial charge in [0, 0.05) is 36.9 Å². The van der Waals surface area contributed by atoms with Crippen molar-refractivity contribution in [2.75, 3.05) is 6.54 Å². The number of hydrogen-bond acceptors (Lipinski definition) is 6. The van der Waals surface area contributed by atoms with Crippen LogP contribution in [0.25, 0.3) is 12.0 Å². The Morgan fingerprint density at radius 1 is 1.21 bits per heavy atom. The Labute approximate surface area is 142 Å². The summed E-state index contributed by atoms with van der Waals surface area (Å²) in [5.74, 6) is 0.564. The predicted octanol–water partition coefficient (Wildman–Crippen LogP) is 1.64. The van der Waals surface area contributed by atoms with Crippen molar-refractivity contribution in [3.63, 3.8) is 0 Å². The monoisotopic (exact) mass is 327 g/mol. The molecule has 0 aliphatic carbocycles. The molecule has 3 heterocycles. The van der Waals surface area contributed by atoms with Gasteiger partial charge in [-0.2, -0.15) is 0 Å². The van der Waals surface area contributed by atoms with E-state index in [4.69, 9.17) is 15.0 Å². The maximum absolute atomic E-state index is 6.05. The molecule has 7 nitrogen and oxygen atoms in total. The van der Waals surface area contributed by atoms with Crippen LogP contribution in [-0.4, -0.2) is 44.4 Å². The van der Waals surface area contributed by atoms with Crippen molar-refractivity contribution >= 4 is 13.2 Å². The van der Waals surface area contributed by atoms with Crippen LogP contribution in [0.2, 0.25) is 0 Å². The summed E-state index contributed by atoms with van der Waals surface area (Å²) in [6, 6.07) is 0. The van der Waals surface area contributed by atoms with E-state index in [1.54, 1.807) is 35.7 Å². The quantitative estimate of drug-likeness (QED) is 0.859. The Balaban J connectivity index is 1.81. The highest BCUT2D eigenvalue weighted by molar-refractivity contribution is 6.55. The first kappa shape index (κ1) is 16.8. The van der Waals surface area contributed by atoms with Gasteiger partial charge in [0.15, 0.2) is 0 Å². The second kappa shape index (κ2) is 6.12. The van der Waals surface area contributed by atoms with Gasteiger partial charge in [-0.05, 0) is 33.2 Å². The molecule has 0 spiro atoms. The number of imidazole rings is 1. The standard InChI is InChI=1S/C16H22BN5O2/c1-15(2)16(3,4)24-17(23-15)13(8-18)7-12-9-20-14(21-10-12)22-6-5-19-11-22/h5-7,9-11H,8,18H2,1-4H3. The number of aromatic nitrogens is 4. The van der Waals surface area contributed by atoms with Crippen molar-refractivity contribution in [2.45, 2.75) is 38.9 Å². The molecule has 0 saturated carbocycles. The minimum Gasteiger partial charge on any atom is -0.400 e. The van der Waals surface area contributed by atoms with Crippen LogP contribution in [0.5, 0.6) is 0 Å². The lowest BCUT2D eigenvalue weighted by atomic mass is 9.77. The van der Waals surface area contributed by atoms with Crippen molar-refractivity contribution in [3.05, 3.63) is 42.2 Å². The maximum atomic E-state index is 6.05. The minimum atomic E-state index is -0.465. The van der Waals surface area contributed by atoms with E-state index in [1.807, 2.05) is 33.8 Å². The summed E-state index contributed by atoms with van der Waals surface area (Å²) >= 11 is 0. The van der Waals surface area contributed by atoms with Crippen molar-refractivity contribution in [1.29, 1.82) is 0 Å². The molecular formula is C16H22BN5O2. The molecule has 3 rings (SSSR count). The van der Waals surface area contributed by atoms with Gasteiger partial charge in [-0.25, -0.2) is 15.0 Å². The van der Waals surface area contributed by atoms with Gasteiger partial charge >= 0.3 is 7.12 Å². The average Bonchev–Trinajstić information content (AvgIpc) is 3.12. The largest absolute Gasteiger partial charge is 0.491 e. The molecule has 0 aromatic carbocycles. The molecule has 0 amide bonds. The summed E-state index contributed by atoms with van der Waals surface area (Å²) in [6.45, 7) is 8.41. The Kier molecular flexibility index (Phi) is 4.29. The molecule has 2 aromatic rings. The third-order valence-corrected chi connectivity index (χ3v) is 4.54. The zero-order chi connectivity index (χ0) is 17.4. The number of hydrogen-bond donors (Lipinski definition) is 1. The SMILES string of the molecule is CC1(C)OB(C(=Cc2cnc(-n3ccnc3)nc2)CN)OC1(C)C. The lowest BCUT2D eigenvalue weighted by Crippen LogP contribution is -2.41. The van der Waals surface area contributed by atoms with Crippen molar-refractivity contribution in [1.82, 2.24) is 19.5 Å². The Hall–Kier alpha value is -2.03. The second-order valence-corrected chi connectivity index (χ2v) is 6.80. The van der Waals surface area contributed by atoms with E-state index < -0.39 is 18.3 Å². The maximum Gasteiger partial charge on any atom is 0.491 e. The fourth-order valence-electron chi connectivity index (χ4n) is 2.35. The van der Waals surface area contributed by atoms with E-state index in [0.29, 0.717) is 12.5 Å². The molecule has 1 saturated heterocycles. The molecule has 8 heteroatoms. The molecule has 0 radical (unpaired) electrons. The molecule has 1 fully saturated rings. The smallest absolute Gasteiger partial charge is 0.400 e. The van der Waals surface area contributed by atoms with Gasteiger partial charge in [0.05, 0.1) is 11.2 Å². The van der Waals surface area contributed by atoms with Gasteiger partial charge in [-0.3, -0.25) is 4.57 Å². The van der Waals surface area contributed by atoms with E-state index in [0.717, 1.165) is 11.0 Å². The van der Waals surface area contributed by atoms with Gasteiger partial charge in [0.1, 0.15) is 6.33 Å². The normalized spacial score (nSPS) is 19.7. The molecule has 1 aliphatic rings. The molecule has 2 N–H and O–H groups in total. The van der Waals surface area contributed by atoms with Crippen LogP contribution in [0.15, 0.2) is 36.6 Å². The van der Waals surface area contributed by atoms with Crippen LogP contribution in [0, 0.1) is 0 Å². The Morgan fingerprint density at radius 3 is 2.33 bits per heavy atom. The molecule has 0 bridgehead atoms. The van der Waals surface area contributed by atoms with Gasteiger partial charge in [0.25, 0.3) is 0 Å². The van der Waals surface area contributed by atoms with Crippen LogP contribution >= 0.6 is 0 Å². The first-order valence-corrected chi connectivity index (χ1v) is 7.89. The van der Waals surface area contributed by atoms with Gasteiger partial charge in [-0.15, -0.1) is 0 Å². The fraction of sp³-hybridized carbons (Fsp3) is 0.438. The summed E-state index contributed by atoms with van der Waals surface area (Å²) < 4.78 is 13.8. The zero-order valence-electron chi connectivity index (χ0n) is 14.4. The molecule has 126 valence electrons. The van der Waals surface area contributed by atoms with Gasteiger partial charge in [-0.1, -0.05) is 6.08 Å². The molecule has 2 aromatic heterocycles. The third kappa shape index (κ3) is 3.12. The van der Waals surface area contributed by atoms with Crippen LogP contribution in [0.1, 0.15) is 33.3 Å². The van der Waals surface area contributed by atoms with Crippen LogP contribution in [0.4, 0.5) is 0 Å². The summed E-state index contributed by atoms with van der Waals surface area (Å²) in [6.07, 6.45) is 10.5. The first-order valence-electron chi connectivity index (χ1n) is 7.89. The molecule has 1 aliphatic heterocycles. The fourth-order valence-corrected chi connectivity index (χ4v) is 2.35.